The highest BCUT2D eigenvalue weighted by atomic mass is 32.2. The molecule has 3 rings (SSSR count). The summed E-state index contributed by atoms with van der Waals surface area (Å²) in [6.45, 7) is 0.683. The number of aryl methyl sites for hydroxylation is 1. The number of benzene rings is 1. The van der Waals surface area contributed by atoms with Gasteiger partial charge in [-0.25, -0.2) is 13.4 Å². The van der Waals surface area contributed by atoms with Gasteiger partial charge in [0, 0.05) is 19.2 Å². The maximum Gasteiger partial charge on any atom is 0.175 e. The van der Waals surface area contributed by atoms with Crippen LogP contribution < -0.4 is 5.73 Å². The van der Waals surface area contributed by atoms with E-state index in [1.165, 1.54) is 12.7 Å². The standard InChI is InChI=1S/C15H21N3O2S/c1-18-14-7-6-11(21(2,19)20)8-13(14)17-15(18)12-5-3-4-10(12)9-16/h6-8,10,12H,3-5,9,16H2,1-2H3. The van der Waals surface area contributed by atoms with E-state index in [-0.39, 0.29) is 0 Å². The van der Waals surface area contributed by atoms with E-state index in [9.17, 15) is 8.42 Å². The Morgan fingerprint density at radius 1 is 1.38 bits per heavy atom. The van der Waals surface area contributed by atoms with Crippen molar-refractivity contribution in [2.45, 2.75) is 30.1 Å². The molecule has 0 saturated heterocycles. The molecule has 0 aliphatic heterocycles. The summed E-state index contributed by atoms with van der Waals surface area (Å²) in [7, 11) is -1.20. The van der Waals surface area contributed by atoms with E-state index in [0.29, 0.717) is 23.3 Å². The van der Waals surface area contributed by atoms with Crippen LogP contribution in [0.5, 0.6) is 0 Å². The van der Waals surface area contributed by atoms with Crippen molar-refractivity contribution in [3.8, 4) is 0 Å². The van der Waals surface area contributed by atoms with Crippen LogP contribution >= 0.6 is 0 Å². The first-order chi connectivity index (χ1) is 9.91. The largest absolute Gasteiger partial charge is 0.331 e. The van der Waals surface area contributed by atoms with Crippen molar-refractivity contribution in [2.75, 3.05) is 12.8 Å². The fourth-order valence-electron chi connectivity index (χ4n) is 3.42. The molecule has 1 aromatic heterocycles. The SMILES string of the molecule is Cn1c(C2CCCC2CN)nc2cc(S(C)(=O)=O)ccc21. The van der Waals surface area contributed by atoms with E-state index in [1.54, 1.807) is 12.1 Å². The lowest BCUT2D eigenvalue weighted by atomic mass is 9.95. The highest BCUT2D eigenvalue weighted by Gasteiger charge is 2.31. The topological polar surface area (TPSA) is 78.0 Å². The fraction of sp³-hybridized carbons (Fsp3) is 0.533. The lowest BCUT2D eigenvalue weighted by Gasteiger charge is -2.17. The number of imidazole rings is 1. The van der Waals surface area contributed by atoms with Gasteiger partial charge in [-0.05, 0) is 43.5 Å². The Bertz CT molecular complexity index is 780. The Balaban J connectivity index is 2.11. The third-order valence-electron chi connectivity index (χ3n) is 4.61. The minimum Gasteiger partial charge on any atom is -0.331 e. The molecule has 2 atom stereocenters. The number of aromatic nitrogens is 2. The Morgan fingerprint density at radius 3 is 2.81 bits per heavy atom. The molecule has 0 bridgehead atoms. The van der Waals surface area contributed by atoms with Crippen LogP contribution in [0, 0.1) is 5.92 Å². The lowest BCUT2D eigenvalue weighted by molar-refractivity contribution is 0.469. The van der Waals surface area contributed by atoms with Gasteiger partial charge in [0.05, 0.1) is 15.9 Å². The molecule has 114 valence electrons. The minimum atomic E-state index is -3.20. The molecular formula is C15H21N3O2S. The van der Waals surface area contributed by atoms with Crippen LogP contribution in [0.3, 0.4) is 0 Å². The highest BCUT2D eigenvalue weighted by molar-refractivity contribution is 7.90. The minimum absolute atomic E-state index is 0.321. The second kappa shape index (κ2) is 5.10. The molecule has 1 heterocycles. The van der Waals surface area contributed by atoms with Gasteiger partial charge in [-0.1, -0.05) is 6.42 Å². The average Bonchev–Trinajstić information content (AvgIpc) is 3.01. The first-order valence-corrected chi connectivity index (χ1v) is 9.17. The second-order valence-corrected chi connectivity index (χ2v) is 8.00. The maximum atomic E-state index is 11.7. The number of fused-ring (bicyclic) bond motifs is 1. The van der Waals surface area contributed by atoms with Gasteiger partial charge in [0.1, 0.15) is 5.82 Å². The molecule has 1 aliphatic carbocycles. The van der Waals surface area contributed by atoms with Crippen molar-refractivity contribution in [2.24, 2.45) is 18.7 Å². The van der Waals surface area contributed by atoms with Crippen molar-refractivity contribution in [3.05, 3.63) is 24.0 Å². The first-order valence-electron chi connectivity index (χ1n) is 7.28. The molecule has 2 aromatic rings. The van der Waals surface area contributed by atoms with Gasteiger partial charge in [-0.2, -0.15) is 0 Å². The summed E-state index contributed by atoms with van der Waals surface area (Å²) < 4.78 is 25.4. The van der Waals surface area contributed by atoms with Crippen molar-refractivity contribution < 1.29 is 8.42 Å². The molecule has 0 radical (unpaired) electrons. The van der Waals surface area contributed by atoms with Gasteiger partial charge in [0.15, 0.2) is 9.84 Å². The summed E-state index contributed by atoms with van der Waals surface area (Å²) in [5, 5.41) is 0. The molecule has 2 N–H and O–H groups in total. The van der Waals surface area contributed by atoms with Gasteiger partial charge >= 0.3 is 0 Å². The van der Waals surface area contributed by atoms with E-state index < -0.39 is 9.84 Å². The van der Waals surface area contributed by atoms with Gasteiger partial charge in [-0.15, -0.1) is 0 Å². The summed E-state index contributed by atoms with van der Waals surface area (Å²) in [4.78, 5) is 5.03. The van der Waals surface area contributed by atoms with Crippen molar-refractivity contribution in [1.29, 1.82) is 0 Å². The fourth-order valence-corrected chi connectivity index (χ4v) is 4.06. The number of hydrogen-bond donors (Lipinski definition) is 1. The molecular weight excluding hydrogens is 286 g/mol. The summed E-state index contributed by atoms with van der Waals surface area (Å²) in [6, 6.07) is 5.16. The van der Waals surface area contributed by atoms with E-state index in [4.69, 9.17) is 10.7 Å². The summed E-state index contributed by atoms with van der Waals surface area (Å²) in [5.74, 6) is 1.90. The Hall–Kier alpha value is -1.40. The molecule has 1 fully saturated rings. The number of sulfone groups is 1. The van der Waals surface area contributed by atoms with Crippen LogP contribution in [0.1, 0.15) is 31.0 Å². The summed E-state index contributed by atoms with van der Waals surface area (Å²) in [5.41, 5.74) is 7.59. The first kappa shape index (κ1) is 14.5. The van der Waals surface area contributed by atoms with Gasteiger partial charge in [0.2, 0.25) is 0 Å². The highest BCUT2D eigenvalue weighted by Crippen LogP contribution is 2.39. The van der Waals surface area contributed by atoms with Crippen LogP contribution in [0.2, 0.25) is 0 Å². The van der Waals surface area contributed by atoms with Crippen LogP contribution in [-0.4, -0.2) is 30.8 Å². The predicted octanol–water partition coefficient (Wildman–Crippen LogP) is 1.82. The Morgan fingerprint density at radius 2 is 2.14 bits per heavy atom. The monoisotopic (exact) mass is 307 g/mol. The molecule has 6 heteroatoms. The van der Waals surface area contributed by atoms with Gasteiger partial charge < -0.3 is 10.3 Å². The molecule has 1 aromatic carbocycles. The maximum absolute atomic E-state index is 11.7. The second-order valence-electron chi connectivity index (χ2n) is 5.98. The zero-order valence-electron chi connectivity index (χ0n) is 12.4. The average molecular weight is 307 g/mol. The number of rotatable bonds is 3. The van der Waals surface area contributed by atoms with Crippen LogP contribution in [0.15, 0.2) is 23.1 Å². The third kappa shape index (κ3) is 2.46. The van der Waals surface area contributed by atoms with Crippen molar-refractivity contribution in [1.82, 2.24) is 9.55 Å². The van der Waals surface area contributed by atoms with Crippen molar-refractivity contribution in [3.63, 3.8) is 0 Å². The summed E-state index contributed by atoms with van der Waals surface area (Å²) >= 11 is 0. The molecule has 5 nitrogen and oxygen atoms in total. The van der Waals surface area contributed by atoms with E-state index in [2.05, 4.69) is 4.57 Å². The van der Waals surface area contributed by atoms with E-state index in [0.717, 1.165) is 29.7 Å². The Kier molecular flexibility index (Phi) is 3.53. The summed E-state index contributed by atoms with van der Waals surface area (Å²) in [6.07, 6.45) is 4.67. The molecule has 0 amide bonds. The van der Waals surface area contributed by atoms with Crippen molar-refractivity contribution >= 4 is 20.9 Å². The van der Waals surface area contributed by atoms with E-state index >= 15 is 0 Å². The molecule has 1 aliphatic rings. The predicted molar refractivity (Wildman–Crippen MR) is 83.0 cm³/mol. The number of nitrogens with two attached hydrogens (primary N) is 1. The third-order valence-corrected chi connectivity index (χ3v) is 5.72. The zero-order chi connectivity index (χ0) is 15.2. The molecule has 0 spiro atoms. The van der Waals surface area contributed by atoms with Gasteiger partial charge in [-0.3, -0.25) is 0 Å². The number of nitrogens with zero attached hydrogens (tertiary/aromatic N) is 2. The number of hydrogen-bond acceptors (Lipinski definition) is 4. The van der Waals surface area contributed by atoms with Crippen LogP contribution in [0.25, 0.3) is 11.0 Å². The van der Waals surface area contributed by atoms with Gasteiger partial charge in [0.25, 0.3) is 0 Å². The molecule has 2 unspecified atom stereocenters. The molecule has 21 heavy (non-hydrogen) atoms. The molecule has 1 saturated carbocycles. The Labute approximate surface area is 125 Å². The smallest absolute Gasteiger partial charge is 0.175 e. The zero-order valence-corrected chi connectivity index (χ0v) is 13.2. The lowest BCUT2D eigenvalue weighted by Crippen LogP contribution is -2.19. The van der Waals surface area contributed by atoms with Crippen LogP contribution in [-0.2, 0) is 16.9 Å². The van der Waals surface area contributed by atoms with E-state index in [1.807, 2.05) is 13.1 Å². The normalized spacial score (nSPS) is 23.0. The van der Waals surface area contributed by atoms with Crippen LogP contribution in [0.4, 0.5) is 0 Å². The quantitative estimate of drug-likeness (QED) is 0.938.